The van der Waals surface area contributed by atoms with Crippen LogP contribution in [0, 0.1) is 23.0 Å². The molecule has 0 aliphatic rings. The Morgan fingerprint density at radius 3 is 2.39 bits per heavy atom. The van der Waals surface area contributed by atoms with Crippen LogP contribution in [-0.4, -0.2) is 0 Å². The second-order valence-electron chi connectivity index (χ2n) is 5.18. The fourth-order valence-corrected chi connectivity index (χ4v) is 2.85. The van der Waals surface area contributed by atoms with E-state index in [0.717, 1.165) is 17.2 Å². The third-order valence-corrected chi connectivity index (χ3v) is 3.87. The Morgan fingerprint density at radius 2 is 1.65 bits per heavy atom. The minimum Gasteiger partial charge on any atom is -0.454 e. The van der Waals surface area contributed by atoms with Crippen LogP contribution < -0.4 is 0 Å². The number of hydrogen-bond acceptors (Lipinski definition) is 2. The molecular formula is C19H9F2NO. The van der Waals surface area contributed by atoms with Gasteiger partial charge in [0.15, 0.2) is 5.58 Å². The molecule has 0 aliphatic carbocycles. The maximum absolute atomic E-state index is 14.3. The Morgan fingerprint density at radius 1 is 0.870 bits per heavy atom. The summed E-state index contributed by atoms with van der Waals surface area (Å²) in [6.07, 6.45) is 0. The highest BCUT2D eigenvalue weighted by Crippen LogP contribution is 2.38. The van der Waals surface area contributed by atoms with Gasteiger partial charge in [0.05, 0.1) is 5.39 Å². The summed E-state index contributed by atoms with van der Waals surface area (Å²) in [7, 11) is 0. The average molecular weight is 305 g/mol. The van der Waals surface area contributed by atoms with Crippen molar-refractivity contribution in [3.05, 3.63) is 71.8 Å². The molecule has 0 atom stereocenters. The second-order valence-corrected chi connectivity index (χ2v) is 5.18. The minimum absolute atomic E-state index is 0.0524. The van der Waals surface area contributed by atoms with Crippen LogP contribution >= 0.6 is 0 Å². The highest BCUT2D eigenvalue weighted by Gasteiger charge is 2.20. The molecule has 3 aromatic carbocycles. The molecule has 2 nitrogen and oxygen atoms in total. The number of rotatable bonds is 1. The Balaban J connectivity index is 2.19. The first-order valence-electron chi connectivity index (χ1n) is 6.99. The minimum atomic E-state index is -0.919. The molecule has 0 saturated carbocycles. The van der Waals surface area contributed by atoms with Crippen LogP contribution in [-0.2, 0) is 0 Å². The first kappa shape index (κ1) is 13.5. The number of nitrogens with zero attached hydrogens (tertiary/aromatic N) is 1. The predicted octanol–water partition coefficient (Wildman–Crippen LogP) is 5.40. The van der Waals surface area contributed by atoms with E-state index < -0.39 is 11.6 Å². The zero-order valence-electron chi connectivity index (χ0n) is 11.8. The van der Waals surface area contributed by atoms with E-state index in [-0.39, 0.29) is 16.5 Å². The Bertz CT molecular complexity index is 1090. The molecule has 0 unspecified atom stereocenters. The molecule has 1 aromatic heterocycles. The molecule has 0 saturated heterocycles. The van der Waals surface area contributed by atoms with Gasteiger partial charge in [-0.25, -0.2) is 8.78 Å². The van der Waals surface area contributed by atoms with Crippen LogP contribution in [0.5, 0.6) is 0 Å². The molecule has 1 heterocycles. The lowest BCUT2D eigenvalue weighted by Crippen LogP contribution is -1.87. The van der Waals surface area contributed by atoms with E-state index in [1.165, 1.54) is 0 Å². The number of benzene rings is 3. The van der Waals surface area contributed by atoms with Crippen molar-refractivity contribution in [2.75, 3.05) is 0 Å². The quantitative estimate of drug-likeness (QED) is 0.472. The van der Waals surface area contributed by atoms with Crippen molar-refractivity contribution in [2.24, 2.45) is 0 Å². The lowest BCUT2D eigenvalue weighted by atomic mass is 10.0. The highest BCUT2D eigenvalue weighted by molar-refractivity contribution is 6.11. The maximum Gasteiger partial charge on any atom is 0.159 e. The van der Waals surface area contributed by atoms with Gasteiger partial charge in [-0.2, -0.15) is 5.26 Å². The van der Waals surface area contributed by atoms with Crippen LogP contribution in [0.3, 0.4) is 0 Å². The molecular weight excluding hydrogens is 296 g/mol. The summed E-state index contributed by atoms with van der Waals surface area (Å²) in [5, 5.41) is 9.80. The second kappa shape index (κ2) is 4.92. The molecule has 0 spiro atoms. The number of nitriles is 1. The van der Waals surface area contributed by atoms with Crippen molar-refractivity contribution in [3.63, 3.8) is 0 Å². The van der Waals surface area contributed by atoms with Crippen molar-refractivity contribution >= 4 is 21.9 Å². The average Bonchev–Trinajstić information content (AvgIpc) is 2.95. The summed E-state index contributed by atoms with van der Waals surface area (Å²) in [4.78, 5) is 0. The van der Waals surface area contributed by atoms with Crippen LogP contribution in [0.25, 0.3) is 33.1 Å². The number of furan rings is 1. The summed E-state index contributed by atoms with van der Waals surface area (Å²) < 4.78 is 33.8. The van der Waals surface area contributed by atoms with Gasteiger partial charge in [0.25, 0.3) is 0 Å². The monoisotopic (exact) mass is 305 g/mol. The van der Waals surface area contributed by atoms with Gasteiger partial charge in [-0.05, 0) is 5.56 Å². The van der Waals surface area contributed by atoms with Gasteiger partial charge >= 0.3 is 0 Å². The molecule has 0 fully saturated rings. The zero-order chi connectivity index (χ0) is 16.0. The Kier molecular flexibility index (Phi) is 2.88. The third kappa shape index (κ3) is 1.91. The molecule has 0 aliphatic heterocycles. The van der Waals surface area contributed by atoms with E-state index in [1.54, 1.807) is 18.2 Å². The molecule has 4 aromatic rings. The molecule has 0 N–H and O–H groups in total. The van der Waals surface area contributed by atoms with Gasteiger partial charge in [-0.3, -0.25) is 0 Å². The van der Waals surface area contributed by atoms with Crippen molar-refractivity contribution in [1.82, 2.24) is 0 Å². The third-order valence-electron chi connectivity index (χ3n) is 3.87. The van der Waals surface area contributed by atoms with Crippen molar-refractivity contribution in [3.8, 4) is 17.2 Å². The van der Waals surface area contributed by atoms with Crippen LogP contribution in [0.2, 0.25) is 0 Å². The number of hydrogen-bond donors (Lipinski definition) is 0. The SMILES string of the molecule is N#Cc1c(F)cc(F)c2c1oc1c(-c3ccccc3)cccc12. The molecule has 0 bridgehead atoms. The van der Waals surface area contributed by atoms with Gasteiger partial charge in [0.1, 0.15) is 28.9 Å². The number of para-hydroxylation sites is 1. The smallest absolute Gasteiger partial charge is 0.159 e. The van der Waals surface area contributed by atoms with Gasteiger partial charge in [0, 0.05) is 17.0 Å². The van der Waals surface area contributed by atoms with E-state index >= 15 is 0 Å². The topological polar surface area (TPSA) is 36.9 Å². The van der Waals surface area contributed by atoms with Crippen molar-refractivity contribution in [1.29, 1.82) is 5.26 Å². The molecule has 0 amide bonds. The van der Waals surface area contributed by atoms with E-state index in [4.69, 9.17) is 9.68 Å². The summed E-state index contributed by atoms with van der Waals surface area (Å²) in [6, 6.07) is 17.3. The van der Waals surface area contributed by atoms with Crippen molar-refractivity contribution < 1.29 is 13.2 Å². The standard InChI is InChI=1S/C19H9F2NO/c20-15-9-16(21)17-13-8-4-7-12(11-5-2-1-3-6-11)18(13)23-19(17)14(15)10-22/h1-9H. The van der Waals surface area contributed by atoms with E-state index in [9.17, 15) is 8.78 Å². The Hall–Kier alpha value is -3.19. The van der Waals surface area contributed by atoms with E-state index in [1.807, 2.05) is 36.4 Å². The van der Waals surface area contributed by atoms with Crippen LogP contribution in [0.15, 0.2) is 59.0 Å². The van der Waals surface area contributed by atoms with Gasteiger partial charge in [-0.1, -0.05) is 48.5 Å². The van der Waals surface area contributed by atoms with Crippen LogP contribution in [0.1, 0.15) is 5.56 Å². The van der Waals surface area contributed by atoms with Gasteiger partial charge in [0.2, 0.25) is 0 Å². The molecule has 23 heavy (non-hydrogen) atoms. The largest absolute Gasteiger partial charge is 0.454 e. The normalized spacial score (nSPS) is 11.0. The van der Waals surface area contributed by atoms with Crippen molar-refractivity contribution in [2.45, 2.75) is 0 Å². The summed E-state index contributed by atoms with van der Waals surface area (Å²) in [6.45, 7) is 0. The summed E-state index contributed by atoms with van der Waals surface area (Å²) in [5.41, 5.74) is 1.77. The zero-order valence-corrected chi connectivity index (χ0v) is 11.8. The number of halogens is 2. The lowest BCUT2D eigenvalue weighted by Gasteiger charge is -2.01. The maximum atomic E-state index is 14.3. The fourth-order valence-electron chi connectivity index (χ4n) is 2.85. The summed E-state index contributed by atoms with van der Waals surface area (Å²) in [5.74, 6) is -1.65. The lowest BCUT2D eigenvalue weighted by molar-refractivity contribution is 0.581. The molecule has 4 heteroatoms. The van der Waals surface area contributed by atoms with Gasteiger partial charge < -0.3 is 4.42 Å². The Labute approximate surface area is 130 Å². The number of fused-ring (bicyclic) bond motifs is 3. The van der Waals surface area contributed by atoms with Gasteiger partial charge in [-0.15, -0.1) is 0 Å². The highest BCUT2D eigenvalue weighted by atomic mass is 19.1. The van der Waals surface area contributed by atoms with E-state index in [0.29, 0.717) is 11.0 Å². The fraction of sp³-hybridized carbons (Fsp3) is 0. The first-order valence-corrected chi connectivity index (χ1v) is 6.99. The predicted molar refractivity (Wildman–Crippen MR) is 83.8 cm³/mol. The molecule has 110 valence electrons. The van der Waals surface area contributed by atoms with Crippen LogP contribution in [0.4, 0.5) is 8.78 Å². The first-order chi connectivity index (χ1) is 11.2. The molecule has 4 rings (SSSR count). The molecule has 0 radical (unpaired) electrons. The van der Waals surface area contributed by atoms with E-state index in [2.05, 4.69) is 0 Å². The summed E-state index contributed by atoms with van der Waals surface area (Å²) >= 11 is 0.